The molecule has 4 heterocycles. The second-order valence-corrected chi connectivity index (χ2v) is 6.16. The highest BCUT2D eigenvalue weighted by molar-refractivity contribution is 5.76. The third-order valence-electron chi connectivity index (χ3n) is 4.78. The summed E-state index contributed by atoms with van der Waals surface area (Å²) in [5.74, 6) is 0. The average Bonchev–Trinajstić information content (AvgIpc) is 3.24. The van der Waals surface area contributed by atoms with Crippen LogP contribution in [-0.2, 0) is 17.9 Å². The number of aromatic nitrogens is 5. The maximum atomic E-state index is 5.96. The van der Waals surface area contributed by atoms with Crippen LogP contribution in [0.15, 0.2) is 29.0 Å². The van der Waals surface area contributed by atoms with E-state index in [-0.39, 0.29) is 12.1 Å². The third kappa shape index (κ3) is 2.13. The molecule has 5 rings (SSSR count). The number of benzene rings is 1. The minimum Gasteiger partial charge on any atom is -0.370 e. The summed E-state index contributed by atoms with van der Waals surface area (Å²) in [5.41, 5.74) is 3.83. The monoisotopic (exact) mass is 312 g/mol. The second-order valence-electron chi connectivity index (χ2n) is 6.16. The van der Waals surface area contributed by atoms with Crippen molar-refractivity contribution in [2.24, 2.45) is 0 Å². The van der Waals surface area contributed by atoms with Crippen molar-refractivity contribution in [2.75, 3.05) is 13.1 Å². The smallest absolute Gasteiger partial charge is 0.139 e. The first-order chi connectivity index (χ1) is 11.4. The summed E-state index contributed by atoms with van der Waals surface area (Å²) < 4.78 is 12.8. The van der Waals surface area contributed by atoms with Crippen LogP contribution in [0.1, 0.15) is 23.7 Å². The maximum Gasteiger partial charge on any atom is 0.139 e. The third-order valence-corrected chi connectivity index (χ3v) is 4.78. The SMILES string of the molecule is c1cc(CN2CC[C@@H]3OCc4cnnn4[C@@H]3C2)c2nonc2c1. The normalized spacial score (nSPS) is 24.5. The first-order valence-electron chi connectivity index (χ1n) is 7.82. The lowest BCUT2D eigenvalue weighted by Gasteiger charge is -2.41. The van der Waals surface area contributed by atoms with Gasteiger partial charge in [0.15, 0.2) is 0 Å². The van der Waals surface area contributed by atoms with Crippen molar-refractivity contribution < 1.29 is 9.37 Å². The van der Waals surface area contributed by atoms with Gasteiger partial charge in [0.2, 0.25) is 0 Å². The number of nitrogens with zero attached hydrogens (tertiary/aromatic N) is 6. The Morgan fingerprint density at radius 3 is 3.26 bits per heavy atom. The molecule has 0 radical (unpaired) electrons. The topological polar surface area (TPSA) is 82.1 Å². The molecule has 0 spiro atoms. The van der Waals surface area contributed by atoms with Crippen molar-refractivity contribution >= 4 is 11.0 Å². The Morgan fingerprint density at radius 2 is 2.26 bits per heavy atom. The predicted molar refractivity (Wildman–Crippen MR) is 79.3 cm³/mol. The van der Waals surface area contributed by atoms with Crippen LogP contribution in [0.2, 0.25) is 0 Å². The Labute approximate surface area is 132 Å². The van der Waals surface area contributed by atoms with Crippen LogP contribution in [0.4, 0.5) is 0 Å². The first kappa shape index (κ1) is 13.1. The van der Waals surface area contributed by atoms with Gasteiger partial charge in [-0.3, -0.25) is 4.90 Å². The molecule has 1 saturated heterocycles. The summed E-state index contributed by atoms with van der Waals surface area (Å²) in [4.78, 5) is 2.41. The van der Waals surface area contributed by atoms with Gasteiger partial charge in [-0.05, 0) is 28.4 Å². The lowest BCUT2D eigenvalue weighted by Crippen LogP contribution is -2.47. The van der Waals surface area contributed by atoms with Gasteiger partial charge < -0.3 is 4.74 Å². The predicted octanol–water partition coefficient (Wildman–Crippen LogP) is 1.16. The maximum absolute atomic E-state index is 5.96. The molecular weight excluding hydrogens is 296 g/mol. The Hall–Kier alpha value is -2.32. The molecule has 1 aromatic carbocycles. The van der Waals surface area contributed by atoms with Gasteiger partial charge in [-0.1, -0.05) is 17.3 Å². The number of ether oxygens (including phenoxy) is 1. The quantitative estimate of drug-likeness (QED) is 0.702. The van der Waals surface area contributed by atoms with E-state index in [0.29, 0.717) is 6.61 Å². The van der Waals surface area contributed by atoms with Crippen LogP contribution in [0.5, 0.6) is 0 Å². The Balaban J connectivity index is 1.40. The van der Waals surface area contributed by atoms with E-state index in [9.17, 15) is 0 Å². The van der Waals surface area contributed by atoms with Gasteiger partial charge in [-0.15, -0.1) is 5.10 Å². The molecule has 2 aliphatic heterocycles. The molecule has 0 unspecified atom stereocenters. The highest BCUT2D eigenvalue weighted by Crippen LogP contribution is 2.31. The fourth-order valence-electron chi connectivity index (χ4n) is 3.62. The largest absolute Gasteiger partial charge is 0.370 e. The first-order valence-corrected chi connectivity index (χ1v) is 7.82. The lowest BCUT2D eigenvalue weighted by molar-refractivity contribution is -0.0669. The number of fused-ring (bicyclic) bond motifs is 4. The molecular formula is C15H16N6O2. The van der Waals surface area contributed by atoms with E-state index in [0.717, 1.165) is 48.3 Å². The minimum atomic E-state index is 0.227. The van der Waals surface area contributed by atoms with Crippen LogP contribution < -0.4 is 0 Å². The summed E-state index contributed by atoms with van der Waals surface area (Å²) in [7, 11) is 0. The van der Waals surface area contributed by atoms with Crippen molar-refractivity contribution in [1.82, 2.24) is 30.2 Å². The fourth-order valence-corrected chi connectivity index (χ4v) is 3.62. The molecule has 1 fully saturated rings. The molecule has 8 heteroatoms. The van der Waals surface area contributed by atoms with Gasteiger partial charge in [-0.25, -0.2) is 9.31 Å². The van der Waals surface area contributed by atoms with Crippen LogP contribution in [0, 0.1) is 0 Å². The summed E-state index contributed by atoms with van der Waals surface area (Å²) in [6, 6.07) is 6.22. The van der Waals surface area contributed by atoms with Gasteiger partial charge in [0, 0.05) is 19.6 Å². The molecule has 2 aliphatic rings. The van der Waals surface area contributed by atoms with E-state index in [2.05, 4.69) is 31.6 Å². The standard InChI is InChI=1S/C15H16N6O2/c1-2-10(15-12(3-1)17-23-18-15)7-20-5-4-14-13(8-20)21-11(9-22-14)6-16-19-21/h1-3,6,13-14H,4-5,7-9H2/t13-,14+/m1/s1. The Morgan fingerprint density at radius 1 is 1.26 bits per heavy atom. The highest BCUT2D eigenvalue weighted by Gasteiger charge is 2.36. The van der Waals surface area contributed by atoms with E-state index in [4.69, 9.17) is 9.37 Å². The van der Waals surface area contributed by atoms with E-state index in [1.807, 2.05) is 16.8 Å². The van der Waals surface area contributed by atoms with E-state index < -0.39 is 0 Å². The Bertz CT molecular complexity index is 843. The highest BCUT2D eigenvalue weighted by atomic mass is 16.6. The van der Waals surface area contributed by atoms with Crippen molar-refractivity contribution in [2.45, 2.75) is 31.7 Å². The summed E-state index contributed by atoms with van der Waals surface area (Å²) in [6.07, 6.45) is 3.01. The minimum absolute atomic E-state index is 0.227. The van der Waals surface area contributed by atoms with Crippen molar-refractivity contribution in [1.29, 1.82) is 0 Å². The zero-order valence-corrected chi connectivity index (χ0v) is 12.5. The van der Waals surface area contributed by atoms with E-state index in [1.165, 1.54) is 0 Å². The van der Waals surface area contributed by atoms with Crippen molar-refractivity contribution in [3.63, 3.8) is 0 Å². The second kappa shape index (κ2) is 5.10. The number of hydrogen-bond acceptors (Lipinski definition) is 7. The zero-order valence-electron chi connectivity index (χ0n) is 12.5. The van der Waals surface area contributed by atoms with E-state index >= 15 is 0 Å². The van der Waals surface area contributed by atoms with Gasteiger partial charge in [0.05, 0.1) is 30.6 Å². The molecule has 2 atom stereocenters. The van der Waals surface area contributed by atoms with Crippen LogP contribution in [-0.4, -0.2) is 49.4 Å². The molecule has 23 heavy (non-hydrogen) atoms. The summed E-state index contributed by atoms with van der Waals surface area (Å²) in [6.45, 7) is 3.31. The molecule has 0 saturated carbocycles. The molecule has 0 bridgehead atoms. The molecule has 3 aromatic rings. The summed E-state index contributed by atoms with van der Waals surface area (Å²) >= 11 is 0. The molecule has 8 nitrogen and oxygen atoms in total. The van der Waals surface area contributed by atoms with Gasteiger partial charge in [-0.2, -0.15) is 0 Å². The van der Waals surface area contributed by atoms with Crippen molar-refractivity contribution in [3.05, 3.63) is 35.7 Å². The molecule has 0 N–H and O–H groups in total. The van der Waals surface area contributed by atoms with Crippen LogP contribution in [0.3, 0.4) is 0 Å². The molecule has 118 valence electrons. The number of rotatable bonds is 2. The van der Waals surface area contributed by atoms with Crippen molar-refractivity contribution in [3.8, 4) is 0 Å². The molecule has 2 aromatic heterocycles. The van der Waals surface area contributed by atoms with Crippen LogP contribution in [0.25, 0.3) is 11.0 Å². The zero-order chi connectivity index (χ0) is 15.2. The Kier molecular flexibility index (Phi) is 2.92. The van der Waals surface area contributed by atoms with Gasteiger partial charge in [0.25, 0.3) is 0 Å². The van der Waals surface area contributed by atoms with E-state index in [1.54, 1.807) is 6.20 Å². The molecule has 0 amide bonds. The average molecular weight is 312 g/mol. The fraction of sp³-hybridized carbons (Fsp3) is 0.467. The van der Waals surface area contributed by atoms with Gasteiger partial charge in [0.1, 0.15) is 11.0 Å². The van der Waals surface area contributed by atoms with Gasteiger partial charge >= 0.3 is 0 Å². The lowest BCUT2D eigenvalue weighted by atomic mass is 9.99. The molecule has 0 aliphatic carbocycles. The van der Waals surface area contributed by atoms with Crippen LogP contribution >= 0.6 is 0 Å². The summed E-state index contributed by atoms with van der Waals surface area (Å²) in [5, 5.41) is 16.2. The number of likely N-dealkylation sites (tertiary alicyclic amines) is 1. The number of hydrogen-bond donors (Lipinski definition) is 0. The number of piperidine rings is 1.